The number of para-hydroxylation sites is 4. The van der Waals surface area contributed by atoms with Gasteiger partial charge in [-0.2, -0.15) is 0 Å². The Bertz CT molecular complexity index is 3130. The lowest BCUT2D eigenvalue weighted by Crippen LogP contribution is -1.95. The second-order valence-electron chi connectivity index (χ2n) is 13.3. The second-order valence-corrected chi connectivity index (χ2v) is 13.3. The summed E-state index contributed by atoms with van der Waals surface area (Å²) in [6.45, 7) is 4.00. The maximum Gasteiger partial charge on any atom is 0.135 e. The molecule has 53 heavy (non-hydrogen) atoms. The topological polar surface area (TPSA) is 23.0 Å². The molecular weight excluding hydrogens is 645 g/mol. The molecule has 0 spiro atoms. The number of benzene rings is 8. The molecule has 0 aliphatic carbocycles. The summed E-state index contributed by atoms with van der Waals surface area (Å²) >= 11 is 0. The molecule has 0 fully saturated rings. The normalized spacial score (nSPS) is 11.6. The van der Waals surface area contributed by atoms with E-state index in [4.69, 9.17) is 4.42 Å². The van der Waals surface area contributed by atoms with E-state index >= 15 is 0 Å². The number of aromatic nitrogens is 2. The van der Waals surface area contributed by atoms with Crippen molar-refractivity contribution in [1.29, 1.82) is 0 Å². The minimum Gasteiger partial charge on any atom is -0.456 e. The molecule has 11 rings (SSSR count). The highest BCUT2D eigenvalue weighted by Gasteiger charge is 2.23. The van der Waals surface area contributed by atoms with Crippen molar-refractivity contribution in [3.8, 4) is 33.6 Å². The van der Waals surface area contributed by atoms with Crippen LogP contribution in [0.3, 0.4) is 0 Å². The largest absolute Gasteiger partial charge is 0.456 e. The van der Waals surface area contributed by atoms with Crippen molar-refractivity contribution in [3.63, 3.8) is 0 Å². The highest BCUT2D eigenvalue weighted by molar-refractivity contribution is 6.22. The summed E-state index contributed by atoms with van der Waals surface area (Å²) in [5, 5.41) is 7.23. The molecule has 3 nitrogen and oxygen atoms in total. The second kappa shape index (κ2) is 12.4. The number of hydrogen-bond donors (Lipinski definition) is 0. The van der Waals surface area contributed by atoms with Crippen LogP contribution < -0.4 is 0 Å². The maximum absolute atomic E-state index is 6.22. The van der Waals surface area contributed by atoms with Gasteiger partial charge in [0.2, 0.25) is 0 Å². The maximum atomic E-state index is 6.22. The number of furan rings is 1. The summed E-state index contributed by atoms with van der Waals surface area (Å²) in [7, 11) is 0. The lowest BCUT2D eigenvalue weighted by Gasteiger charge is -2.15. The molecule has 0 unspecified atom stereocenters. The van der Waals surface area contributed by atoms with E-state index in [1.807, 2.05) is 26.0 Å². The van der Waals surface area contributed by atoms with Crippen LogP contribution in [0.5, 0.6) is 0 Å². The number of nitrogens with zero attached hydrogens (tertiary/aromatic N) is 2. The predicted octanol–water partition coefficient (Wildman–Crippen LogP) is 14.1. The van der Waals surface area contributed by atoms with Crippen LogP contribution in [0.2, 0.25) is 0 Å². The average molecular weight is 681 g/mol. The van der Waals surface area contributed by atoms with Gasteiger partial charge < -0.3 is 13.6 Å². The van der Waals surface area contributed by atoms with Crippen LogP contribution in [0.1, 0.15) is 13.8 Å². The highest BCUT2D eigenvalue weighted by atomic mass is 16.3. The van der Waals surface area contributed by atoms with Crippen molar-refractivity contribution < 1.29 is 4.42 Å². The van der Waals surface area contributed by atoms with Crippen LogP contribution in [0, 0.1) is 0 Å². The molecule has 8 aromatic carbocycles. The molecular formula is C50H36N2O. The Balaban J connectivity index is 0.00000172. The quantitative estimate of drug-likeness (QED) is 0.181. The van der Waals surface area contributed by atoms with Gasteiger partial charge >= 0.3 is 0 Å². The molecule has 0 amide bonds. The average Bonchev–Trinajstić information content (AvgIpc) is 3.89. The van der Waals surface area contributed by atoms with Crippen molar-refractivity contribution in [2.45, 2.75) is 13.8 Å². The zero-order valence-electron chi connectivity index (χ0n) is 29.6. The number of rotatable bonds is 4. The van der Waals surface area contributed by atoms with Crippen molar-refractivity contribution in [2.24, 2.45) is 0 Å². The molecule has 3 heteroatoms. The Morgan fingerprint density at radius 2 is 0.925 bits per heavy atom. The van der Waals surface area contributed by atoms with Gasteiger partial charge in [0.15, 0.2) is 0 Å². The standard InChI is InChI=1S/C48H30N2O.C2H6/c1-3-14-31(15-4-1)46-36(27-28-43-48(46)38-20-8-11-23-41(38)49(43)32-16-5-2-6-17-32)35-21-13-24-42-47(35)37-19-7-10-22-40(37)50(42)33-26-29-45-39(30-33)34-18-9-12-25-44(34)51-45;1-2/h1-30H;1-2H3. The third-order valence-corrected chi connectivity index (χ3v) is 10.5. The molecule has 252 valence electrons. The molecule has 3 aromatic heterocycles. The lowest BCUT2D eigenvalue weighted by atomic mass is 9.89. The van der Waals surface area contributed by atoms with E-state index in [1.165, 1.54) is 65.9 Å². The summed E-state index contributed by atoms with van der Waals surface area (Å²) in [6.07, 6.45) is 0. The molecule has 3 heterocycles. The van der Waals surface area contributed by atoms with Crippen LogP contribution in [-0.2, 0) is 0 Å². The first kappa shape index (κ1) is 30.9. The molecule has 0 radical (unpaired) electrons. The zero-order valence-corrected chi connectivity index (χ0v) is 29.6. The van der Waals surface area contributed by atoms with Gasteiger partial charge in [-0.05, 0) is 82.9 Å². The molecule has 0 aliphatic heterocycles. The van der Waals surface area contributed by atoms with Gasteiger partial charge in [-0.25, -0.2) is 0 Å². The summed E-state index contributed by atoms with van der Waals surface area (Å²) in [4.78, 5) is 0. The Morgan fingerprint density at radius 1 is 0.358 bits per heavy atom. The van der Waals surface area contributed by atoms with E-state index in [2.05, 4.69) is 179 Å². The van der Waals surface area contributed by atoms with Crippen LogP contribution in [-0.4, -0.2) is 9.13 Å². The Morgan fingerprint density at radius 3 is 1.68 bits per heavy atom. The fourth-order valence-electron chi connectivity index (χ4n) is 8.42. The Hall–Kier alpha value is -6.84. The van der Waals surface area contributed by atoms with Crippen LogP contribution in [0.25, 0.3) is 99.2 Å². The SMILES string of the molecule is CC.c1ccc(-c2c(-c3cccc4c3c3ccccc3n4-c3ccc4oc5ccccc5c4c3)ccc3c2c2ccccc2n3-c2ccccc2)cc1. The molecule has 0 N–H and O–H groups in total. The predicted molar refractivity (Wildman–Crippen MR) is 225 cm³/mol. The van der Waals surface area contributed by atoms with E-state index < -0.39 is 0 Å². The van der Waals surface area contributed by atoms with Crippen molar-refractivity contribution in [3.05, 3.63) is 182 Å². The van der Waals surface area contributed by atoms with Crippen LogP contribution in [0.15, 0.2) is 186 Å². The first-order chi connectivity index (χ1) is 26.3. The van der Waals surface area contributed by atoms with Crippen molar-refractivity contribution >= 4 is 65.6 Å². The molecule has 11 aromatic rings. The van der Waals surface area contributed by atoms with Gasteiger partial charge in [0.05, 0.1) is 22.1 Å². The summed E-state index contributed by atoms with van der Waals surface area (Å²) in [5.74, 6) is 0. The molecule has 0 saturated carbocycles. The van der Waals surface area contributed by atoms with E-state index in [1.54, 1.807) is 0 Å². The molecule has 0 saturated heterocycles. The van der Waals surface area contributed by atoms with Crippen LogP contribution >= 0.6 is 0 Å². The van der Waals surface area contributed by atoms with Crippen molar-refractivity contribution in [1.82, 2.24) is 9.13 Å². The summed E-state index contributed by atoms with van der Waals surface area (Å²) in [5.41, 5.74) is 13.7. The fraction of sp³-hybridized carbons (Fsp3) is 0.0400. The summed E-state index contributed by atoms with van der Waals surface area (Å²) < 4.78 is 11.0. The minimum atomic E-state index is 0.900. The van der Waals surface area contributed by atoms with Gasteiger partial charge in [-0.15, -0.1) is 0 Å². The van der Waals surface area contributed by atoms with E-state index in [0.717, 1.165) is 33.3 Å². The minimum absolute atomic E-state index is 0.900. The lowest BCUT2D eigenvalue weighted by molar-refractivity contribution is 0.669. The summed E-state index contributed by atoms with van der Waals surface area (Å²) in [6, 6.07) is 65.5. The van der Waals surface area contributed by atoms with Gasteiger partial charge in [0.25, 0.3) is 0 Å². The number of fused-ring (bicyclic) bond motifs is 9. The molecule has 0 bridgehead atoms. The number of hydrogen-bond acceptors (Lipinski definition) is 1. The first-order valence-electron chi connectivity index (χ1n) is 18.4. The van der Waals surface area contributed by atoms with Gasteiger partial charge in [0, 0.05) is 43.7 Å². The fourth-order valence-corrected chi connectivity index (χ4v) is 8.42. The highest BCUT2D eigenvalue weighted by Crippen LogP contribution is 2.47. The van der Waals surface area contributed by atoms with Gasteiger partial charge in [-0.1, -0.05) is 135 Å². The van der Waals surface area contributed by atoms with E-state index in [0.29, 0.717) is 0 Å². The third kappa shape index (κ3) is 4.67. The monoisotopic (exact) mass is 680 g/mol. The van der Waals surface area contributed by atoms with Gasteiger partial charge in [0.1, 0.15) is 11.2 Å². The van der Waals surface area contributed by atoms with Gasteiger partial charge in [-0.3, -0.25) is 0 Å². The van der Waals surface area contributed by atoms with E-state index in [-0.39, 0.29) is 0 Å². The first-order valence-corrected chi connectivity index (χ1v) is 18.4. The van der Waals surface area contributed by atoms with E-state index in [9.17, 15) is 0 Å². The Kier molecular flexibility index (Phi) is 7.26. The smallest absolute Gasteiger partial charge is 0.135 e. The molecule has 0 atom stereocenters. The molecule has 0 aliphatic rings. The van der Waals surface area contributed by atoms with Crippen LogP contribution in [0.4, 0.5) is 0 Å². The zero-order chi connectivity index (χ0) is 35.5. The third-order valence-electron chi connectivity index (χ3n) is 10.5. The Labute approximate surface area is 307 Å². The van der Waals surface area contributed by atoms with Crippen molar-refractivity contribution in [2.75, 3.05) is 0 Å².